The van der Waals surface area contributed by atoms with E-state index in [1.165, 1.54) is 5.56 Å². The van der Waals surface area contributed by atoms with Crippen molar-refractivity contribution in [3.05, 3.63) is 47.4 Å². The molecule has 0 radical (unpaired) electrons. The first-order valence-electron chi connectivity index (χ1n) is 8.07. The highest BCUT2D eigenvalue weighted by Gasteiger charge is 2.22. The summed E-state index contributed by atoms with van der Waals surface area (Å²) in [6.45, 7) is 6.14. The van der Waals surface area contributed by atoms with Gasteiger partial charge in [0, 0.05) is 25.8 Å². The predicted octanol–water partition coefficient (Wildman–Crippen LogP) is 2.81. The van der Waals surface area contributed by atoms with Gasteiger partial charge in [0.2, 0.25) is 5.89 Å². The molecule has 3 aromatic heterocycles. The van der Waals surface area contributed by atoms with Gasteiger partial charge in [-0.25, -0.2) is 4.98 Å². The van der Waals surface area contributed by atoms with Gasteiger partial charge in [-0.05, 0) is 23.9 Å². The van der Waals surface area contributed by atoms with Crippen LogP contribution in [0.15, 0.2) is 40.6 Å². The average Bonchev–Trinajstić information content (AvgIpc) is 3.29. The number of hydrogen-bond donors (Lipinski definition) is 0. The van der Waals surface area contributed by atoms with Gasteiger partial charge >= 0.3 is 0 Å². The standard InChI is InChI=1S/C17H20N4O2S/c1-13-7-18-21(8-13)11-15-10-20(4-5-22-15)9-14-12-23-17(19-14)16-3-2-6-24-16/h2-3,6-8,12,15H,4-5,9-11H2,1H3. The van der Waals surface area contributed by atoms with Crippen LogP contribution >= 0.6 is 11.3 Å². The van der Waals surface area contributed by atoms with E-state index < -0.39 is 0 Å². The summed E-state index contributed by atoms with van der Waals surface area (Å²) < 4.78 is 13.4. The van der Waals surface area contributed by atoms with Crippen LogP contribution < -0.4 is 0 Å². The Morgan fingerprint density at radius 2 is 2.38 bits per heavy atom. The summed E-state index contributed by atoms with van der Waals surface area (Å²) in [5, 5.41) is 6.37. The minimum atomic E-state index is 0.154. The maximum Gasteiger partial charge on any atom is 0.236 e. The summed E-state index contributed by atoms with van der Waals surface area (Å²) in [4.78, 5) is 8.03. The third kappa shape index (κ3) is 3.58. The molecule has 1 saturated heterocycles. The largest absolute Gasteiger partial charge is 0.444 e. The van der Waals surface area contributed by atoms with E-state index in [4.69, 9.17) is 9.15 Å². The van der Waals surface area contributed by atoms with Gasteiger partial charge < -0.3 is 9.15 Å². The molecule has 1 aliphatic rings. The topological polar surface area (TPSA) is 56.3 Å². The van der Waals surface area contributed by atoms with Gasteiger partial charge in [-0.15, -0.1) is 11.3 Å². The summed E-state index contributed by atoms with van der Waals surface area (Å²) in [5.41, 5.74) is 2.14. The third-order valence-electron chi connectivity index (χ3n) is 4.05. The van der Waals surface area contributed by atoms with Crippen LogP contribution in [0.25, 0.3) is 10.8 Å². The Hall–Kier alpha value is -1.96. The molecule has 7 heteroatoms. The van der Waals surface area contributed by atoms with Crippen molar-refractivity contribution in [1.29, 1.82) is 0 Å². The number of morpholine rings is 1. The van der Waals surface area contributed by atoms with Crippen LogP contribution in [0.3, 0.4) is 0 Å². The zero-order valence-corrected chi connectivity index (χ0v) is 14.4. The molecule has 0 N–H and O–H groups in total. The Bertz CT molecular complexity index is 780. The lowest BCUT2D eigenvalue weighted by Gasteiger charge is -2.32. The van der Waals surface area contributed by atoms with Crippen LogP contribution in [0.1, 0.15) is 11.3 Å². The molecule has 126 valence electrons. The molecule has 1 unspecified atom stereocenters. The van der Waals surface area contributed by atoms with Crippen LogP contribution in [0.4, 0.5) is 0 Å². The molecule has 1 atom stereocenters. The molecular weight excluding hydrogens is 324 g/mol. The second-order valence-corrected chi connectivity index (χ2v) is 7.04. The Balaban J connectivity index is 1.36. The molecule has 6 nitrogen and oxygen atoms in total. The van der Waals surface area contributed by atoms with Crippen molar-refractivity contribution in [3.63, 3.8) is 0 Å². The fourth-order valence-electron chi connectivity index (χ4n) is 2.93. The first-order valence-corrected chi connectivity index (χ1v) is 8.95. The fraction of sp³-hybridized carbons (Fsp3) is 0.412. The maximum absolute atomic E-state index is 5.88. The second kappa shape index (κ2) is 6.88. The zero-order chi connectivity index (χ0) is 16.4. The highest BCUT2D eigenvalue weighted by molar-refractivity contribution is 7.13. The number of aromatic nitrogens is 3. The number of oxazole rings is 1. The number of rotatable bonds is 5. The number of hydrogen-bond acceptors (Lipinski definition) is 6. The quantitative estimate of drug-likeness (QED) is 0.712. The summed E-state index contributed by atoms with van der Waals surface area (Å²) in [7, 11) is 0. The Labute approximate surface area is 144 Å². The molecule has 0 amide bonds. The van der Waals surface area contributed by atoms with E-state index in [0.29, 0.717) is 5.89 Å². The number of ether oxygens (including phenoxy) is 1. The van der Waals surface area contributed by atoms with Gasteiger partial charge in [0.05, 0.1) is 36.0 Å². The van der Waals surface area contributed by atoms with Crippen molar-refractivity contribution < 1.29 is 9.15 Å². The molecule has 4 rings (SSSR count). The SMILES string of the molecule is Cc1cnn(CC2CN(Cc3coc(-c4cccs4)n3)CCO2)c1. The molecule has 3 aromatic rings. The minimum absolute atomic E-state index is 0.154. The van der Waals surface area contributed by atoms with Crippen molar-refractivity contribution in [2.45, 2.75) is 26.1 Å². The lowest BCUT2D eigenvalue weighted by molar-refractivity contribution is -0.0405. The van der Waals surface area contributed by atoms with Gasteiger partial charge in [0.1, 0.15) is 6.26 Å². The molecule has 0 bridgehead atoms. The summed E-state index contributed by atoms with van der Waals surface area (Å²) in [6, 6.07) is 4.03. The van der Waals surface area contributed by atoms with E-state index in [1.54, 1.807) is 17.6 Å². The summed E-state index contributed by atoms with van der Waals surface area (Å²) in [6.07, 6.45) is 5.84. The summed E-state index contributed by atoms with van der Waals surface area (Å²) in [5.74, 6) is 0.705. The van der Waals surface area contributed by atoms with Crippen LogP contribution in [0.2, 0.25) is 0 Å². The minimum Gasteiger partial charge on any atom is -0.444 e. The summed E-state index contributed by atoms with van der Waals surface area (Å²) >= 11 is 1.64. The van der Waals surface area contributed by atoms with E-state index in [0.717, 1.165) is 43.4 Å². The van der Waals surface area contributed by atoms with Gasteiger partial charge in [0.15, 0.2) is 0 Å². The second-order valence-electron chi connectivity index (χ2n) is 6.09. The van der Waals surface area contributed by atoms with E-state index >= 15 is 0 Å². The van der Waals surface area contributed by atoms with Crippen molar-refractivity contribution in [1.82, 2.24) is 19.7 Å². The third-order valence-corrected chi connectivity index (χ3v) is 4.90. The number of nitrogens with zero attached hydrogens (tertiary/aromatic N) is 4. The first kappa shape index (κ1) is 15.6. The van der Waals surface area contributed by atoms with Crippen LogP contribution in [0, 0.1) is 6.92 Å². The van der Waals surface area contributed by atoms with Crippen LogP contribution in [0.5, 0.6) is 0 Å². The van der Waals surface area contributed by atoms with E-state index in [9.17, 15) is 0 Å². The molecule has 0 aromatic carbocycles. The van der Waals surface area contributed by atoms with Gasteiger partial charge in [-0.3, -0.25) is 9.58 Å². The molecule has 0 spiro atoms. The molecular formula is C17H20N4O2S. The van der Waals surface area contributed by atoms with E-state index in [-0.39, 0.29) is 6.10 Å². The van der Waals surface area contributed by atoms with Gasteiger partial charge in [-0.2, -0.15) is 5.10 Å². The molecule has 24 heavy (non-hydrogen) atoms. The van der Waals surface area contributed by atoms with Crippen molar-refractivity contribution in [2.75, 3.05) is 19.7 Å². The lowest BCUT2D eigenvalue weighted by Crippen LogP contribution is -2.43. The first-order chi connectivity index (χ1) is 11.8. The van der Waals surface area contributed by atoms with Crippen molar-refractivity contribution >= 4 is 11.3 Å². The molecule has 4 heterocycles. The Kier molecular flexibility index (Phi) is 4.46. The normalized spacial score (nSPS) is 19.0. The predicted molar refractivity (Wildman–Crippen MR) is 91.8 cm³/mol. The van der Waals surface area contributed by atoms with Crippen LogP contribution in [-0.2, 0) is 17.8 Å². The smallest absolute Gasteiger partial charge is 0.236 e. The molecule has 1 aliphatic heterocycles. The maximum atomic E-state index is 5.88. The van der Waals surface area contributed by atoms with Crippen LogP contribution in [-0.4, -0.2) is 45.5 Å². The number of thiophene rings is 1. The van der Waals surface area contributed by atoms with Gasteiger partial charge in [0.25, 0.3) is 0 Å². The fourth-order valence-corrected chi connectivity index (χ4v) is 3.59. The average molecular weight is 344 g/mol. The number of aryl methyl sites for hydroxylation is 1. The zero-order valence-electron chi connectivity index (χ0n) is 13.6. The molecule has 0 saturated carbocycles. The van der Waals surface area contributed by atoms with Gasteiger partial charge in [-0.1, -0.05) is 6.07 Å². The van der Waals surface area contributed by atoms with E-state index in [2.05, 4.69) is 15.0 Å². The van der Waals surface area contributed by atoms with E-state index in [1.807, 2.05) is 41.5 Å². The highest BCUT2D eigenvalue weighted by Crippen LogP contribution is 2.24. The molecule has 1 fully saturated rings. The highest BCUT2D eigenvalue weighted by atomic mass is 32.1. The monoisotopic (exact) mass is 344 g/mol. The molecule has 0 aliphatic carbocycles. The van der Waals surface area contributed by atoms with Crippen molar-refractivity contribution in [3.8, 4) is 10.8 Å². The Morgan fingerprint density at radius 1 is 1.42 bits per heavy atom. The Morgan fingerprint density at radius 3 is 3.17 bits per heavy atom. The lowest BCUT2D eigenvalue weighted by atomic mass is 10.2. The van der Waals surface area contributed by atoms with Crippen molar-refractivity contribution in [2.24, 2.45) is 0 Å².